The van der Waals surface area contributed by atoms with Crippen LogP contribution < -0.4 is 0 Å². The van der Waals surface area contributed by atoms with E-state index in [1.807, 2.05) is 18.2 Å². The maximum absolute atomic E-state index is 8.63. The number of aliphatic hydroxyl groups is 1. The number of unbranched alkanes of at least 4 members (excludes halogenated alkanes) is 1. The van der Waals surface area contributed by atoms with Gasteiger partial charge in [0.15, 0.2) is 0 Å². The standard InChI is InChI=1S/C14H14O/c1-2-3-4-8-13-9-5-6-10-14(13)11-7-12-15/h1,5-6,9-10,15H,3-4,8,12H2. The Labute approximate surface area is 91.1 Å². The molecule has 0 bridgehead atoms. The van der Waals surface area contributed by atoms with Crippen LogP contribution in [0.1, 0.15) is 24.0 Å². The molecule has 0 heterocycles. The van der Waals surface area contributed by atoms with Gasteiger partial charge in [0.2, 0.25) is 0 Å². The lowest BCUT2D eigenvalue weighted by Crippen LogP contribution is -1.90. The molecule has 0 amide bonds. The fourth-order valence-electron chi connectivity index (χ4n) is 1.38. The smallest absolute Gasteiger partial charge is 0.104 e. The lowest BCUT2D eigenvalue weighted by molar-refractivity contribution is 0.350. The molecule has 1 N–H and O–H groups in total. The lowest BCUT2D eigenvalue weighted by Gasteiger charge is -2.02. The second-order valence-corrected chi connectivity index (χ2v) is 3.17. The van der Waals surface area contributed by atoms with E-state index in [4.69, 9.17) is 11.5 Å². The zero-order chi connectivity index (χ0) is 10.9. The van der Waals surface area contributed by atoms with Crippen molar-refractivity contribution in [3.8, 4) is 24.2 Å². The highest BCUT2D eigenvalue weighted by Crippen LogP contribution is 2.10. The minimum Gasteiger partial charge on any atom is -0.384 e. The Kier molecular flexibility index (Phi) is 5.09. The van der Waals surface area contributed by atoms with Gasteiger partial charge in [-0.05, 0) is 24.5 Å². The fourth-order valence-corrected chi connectivity index (χ4v) is 1.38. The first-order valence-electron chi connectivity index (χ1n) is 4.99. The highest BCUT2D eigenvalue weighted by molar-refractivity contribution is 5.41. The number of hydrogen-bond acceptors (Lipinski definition) is 1. The van der Waals surface area contributed by atoms with Crippen LogP contribution in [0.2, 0.25) is 0 Å². The summed E-state index contributed by atoms with van der Waals surface area (Å²) in [6.07, 6.45) is 7.92. The van der Waals surface area contributed by atoms with Crippen molar-refractivity contribution in [2.75, 3.05) is 6.61 Å². The van der Waals surface area contributed by atoms with Crippen molar-refractivity contribution in [3.63, 3.8) is 0 Å². The van der Waals surface area contributed by atoms with Gasteiger partial charge in [-0.3, -0.25) is 0 Å². The predicted octanol–water partition coefficient (Wildman–Crippen LogP) is 1.99. The zero-order valence-electron chi connectivity index (χ0n) is 8.66. The molecule has 0 aliphatic rings. The Morgan fingerprint density at radius 3 is 2.80 bits per heavy atom. The van der Waals surface area contributed by atoms with Gasteiger partial charge in [0, 0.05) is 12.0 Å². The number of rotatable bonds is 3. The molecule has 1 aromatic rings. The minimum absolute atomic E-state index is 0.0985. The quantitative estimate of drug-likeness (QED) is 0.581. The molecule has 0 atom stereocenters. The summed E-state index contributed by atoms with van der Waals surface area (Å²) in [6, 6.07) is 7.97. The molecule has 0 saturated heterocycles. The van der Waals surface area contributed by atoms with Gasteiger partial charge in [0.1, 0.15) is 6.61 Å². The molecule has 76 valence electrons. The van der Waals surface area contributed by atoms with Crippen molar-refractivity contribution in [2.45, 2.75) is 19.3 Å². The van der Waals surface area contributed by atoms with Crippen molar-refractivity contribution in [1.29, 1.82) is 0 Å². The molecule has 0 aliphatic heterocycles. The summed E-state index contributed by atoms with van der Waals surface area (Å²) in [5, 5.41) is 8.63. The van der Waals surface area contributed by atoms with Crippen LogP contribution in [-0.2, 0) is 6.42 Å². The molecular formula is C14H14O. The van der Waals surface area contributed by atoms with Crippen molar-refractivity contribution in [2.24, 2.45) is 0 Å². The second-order valence-electron chi connectivity index (χ2n) is 3.17. The summed E-state index contributed by atoms with van der Waals surface area (Å²) in [7, 11) is 0. The van der Waals surface area contributed by atoms with E-state index in [0.717, 1.165) is 24.8 Å². The molecule has 0 fully saturated rings. The normalized spacial score (nSPS) is 8.80. The van der Waals surface area contributed by atoms with E-state index in [1.165, 1.54) is 5.56 Å². The van der Waals surface area contributed by atoms with Crippen molar-refractivity contribution in [1.82, 2.24) is 0 Å². The molecule has 0 unspecified atom stereocenters. The Hall–Kier alpha value is -1.70. The van der Waals surface area contributed by atoms with E-state index in [9.17, 15) is 0 Å². The molecule has 1 aromatic carbocycles. The lowest BCUT2D eigenvalue weighted by atomic mass is 10.0. The molecule has 1 heteroatoms. The Morgan fingerprint density at radius 1 is 1.27 bits per heavy atom. The summed E-state index contributed by atoms with van der Waals surface area (Å²) >= 11 is 0. The Morgan fingerprint density at radius 2 is 2.07 bits per heavy atom. The van der Waals surface area contributed by atoms with E-state index in [2.05, 4.69) is 23.8 Å². The van der Waals surface area contributed by atoms with E-state index in [1.54, 1.807) is 0 Å². The molecule has 0 radical (unpaired) electrons. The van der Waals surface area contributed by atoms with Crippen LogP contribution >= 0.6 is 0 Å². The highest BCUT2D eigenvalue weighted by atomic mass is 16.2. The first-order valence-corrected chi connectivity index (χ1v) is 4.99. The van der Waals surface area contributed by atoms with Crippen LogP contribution in [0.15, 0.2) is 24.3 Å². The van der Waals surface area contributed by atoms with Gasteiger partial charge < -0.3 is 5.11 Å². The van der Waals surface area contributed by atoms with Crippen molar-refractivity contribution < 1.29 is 5.11 Å². The van der Waals surface area contributed by atoms with Gasteiger partial charge in [-0.15, -0.1) is 12.3 Å². The van der Waals surface area contributed by atoms with Gasteiger partial charge in [0.25, 0.3) is 0 Å². The molecule has 0 aromatic heterocycles. The van der Waals surface area contributed by atoms with Crippen LogP contribution in [0, 0.1) is 24.2 Å². The summed E-state index contributed by atoms with van der Waals surface area (Å²) in [6.45, 7) is -0.0985. The SMILES string of the molecule is C#CCCCc1ccccc1C#CCO. The van der Waals surface area contributed by atoms with E-state index >= 15 is 0 Å². The highest BCUT2D eigenvalue weighted by Gasteiger charge is 1.97. The van der Waals surface area contributed by atoms with Gasteiger partial charge in [-0.1, -0.05) is 30.0 Å². The molecule has 15 heavy (non-hydrogen) atoms. The number of hydrogen-bond donors (Lipinski definition) is 1. The molecule has 0 spiro atoms. The van der Waals surface area contributed by atoms with Gasteiger partial charge in [-0.2, -0.15) is 0 Å². The monoisotopic (exact) mass is 198 g/mol. The maximum atomic E-state index is 8.63. The minimum atomic E-state index is -0.0985. The first kappa shape index (κ1) is 11.4. The summed E-state index contributed by atoms with van der Waals surface area (Å²) < 4.78 is 0. The summed E-state index contributed by atoms with van der Waals surface area (Å²) in [4.78, 5) is 0. The van der Waals surface area contributed by atoms with Crippen molar-refractivity contribution >= 4 is 0 Å². The van der Waals surface area contributed by atoms with E-state index in [-0.39, 0.29) is 6.61 Å². The maximum Gasteiger partial charge on any atom is 0.104 e. The zero-order valence-corrected chi connectivity index (χ0v) is 8.66. The number of aryl methyl sites for hydroxylation is 1. The predicted molar refractivity (Wildman–Crippen MR) is 62.2 cm³/mol. The second kappa shape index (κ2) is 6.71. The van der Waals surface area contributed by atoms with Crippen molar-refractivity contribution in [3.05, 3.63) is 35.4 Å². The molecule has 1 rings (SSSR count). The van der Waals surface area contributed by atoms with Crippen LogP contribution in [0.4, 0.5) is 0 Å². The third-order valence-electron chi connectivity index (χ3n) is 2.09. The molecular weight excluding hydrogens is 184 g/mol. The Bertz CT molecular complexity index is 401. The third-order valence-corrected chi connectivity index (χ3v) is 2.09. The van der Waals surface area contributed by atoms with Gasteiger partial charge >= 0.3 is 0 Å². The number of aliphatic hydroxyl groups excluding tert-OH is 1. The third kappa shape index (κ3) is 3.90. The summed E-state index contributed by atoms with van der Waals surface area (Å²) in [5.74, 6) is 8.22. The van der Waals surface area contributed by atoms with Crippen LogP contribution in [0.25, 0.3) is 0 Å². The van der Waals surface area contributed by atoms with E-state index < -0.39 is 0 Å². The van der Waals surface area contributed by atoms with Crippen LogP contribution in [-0.4, -0.2) is 11.7 Å². The van der Waals surface area contributed by atoms with Crippen LogP contribution in [0.3, 0.4) is 0 Å². The summed E-state index contributed by atoms with van der Waals surface area (Å²) in [5.41, 5.74) is 2.19. The first-order chi connectivity index (χ1) is 7.38. The molecule has 1 nitrogen and oxygen atoms in total. The largest absolute Gasteiger partial charge is 0.384 e. The fraction of sp³-hybridized carbons (Fsp3) is 0.286. The average molecular weight is 198 g/mol. The van der Waals surface area contributed by atoms with Gasteiger partial charge in [0.05, 0.1) is 0 Å². The molecule has 0 aliphatic carbocycles. The number of terminal acetylenes is 1. The van der Waals surface area contributed by atoms with Crippen LogP contribution in [0.5, 0.6) is 0 Å². The number of benzene rings is 1. The van der Waals surface area contributed by atoms with Gasteiger partial charge in [-0.25, -0.2) is 0 Å². The Balaban J connectivity index is 2.73. The topological polar surface area (TPSA) is 20.2 Å². The van der Waals surface area contributed by atoms with E-state index in [0.29, 0.717) is 0 Å². The average Bonchev–Trinajstić information content (AvgIpc) is 2.28. The molecule has 0 saturated carbocycles.